The molecule has 2 bridgehead atoms. The van der Waals surface area contributed by atoms with E-state index in [1.165, 1.54) is 25.0 Å². The van der Waals surface area contributed by atoms with Gasteiger partial charge in [0.25, 0.3) is 5.91 Å². The van der Waals surface area contributed by atoms with Crippen LogP contribution in [0.3, 0.4) is 0 Å². The maximum absolute atomic E-state index is 11.6. The third-order valence-electron chi connectivity index (χ3n) is 3.95. The predicted molar refractivity (Wildman–Crippen MR) is 73.0 cm³/mol. The van der Waals surface area contributed by atoms with E-state index in [4.69, 9.17) is 4.74 Å². The quantitative estimate of drug-likeness (QED) is 0.843. The minimum absolute atomic E-state index is 0.00882. The third-order valence-corrected chi connectivity index (χ3v) is 3.95. The number of hydrogen-bond donors (Lipinski definition) is 1. The molecule has 4 heteroatoms. The molecule has 4 nitrogen and oxygen atoms in total. The highest BCUT2D eigenvalue weighted by Crippen LogP contribution is 2.42. The van der Waals surface area contributed by atoms with Crippen LogP contribution < -0.4 is 10.2 Å². The topological polar surface area (TPSA) is 50.7 Å². The molecule has 0 aliphatic heterocycles. The molecule has 3 rings (SSSR count). The summed E-state index contributed by atoms with van der Waals surface area (Å²) in [6, 6.07) is 9.32. The van der Waals surface area contributed by atoms with Crippen LogP contribution in [0.5, 0.6) is 5.75 Å². The number of hydrazone groups is 1. The number of hydrogen-bond acceptors (Lipinski definition) is 3. The second-order valence-electron chi connectivity index (χ2n) is 5.32. The Balaban J connectivity index is 1.46. The zero-order chi connectivity index (χ0) is 13.1. The number of para-hydroxylation sites is 1. The fraction of sp³-hybridized carbons (Fsp3) is 0.467. The van der Waals surface area contributed by atoms with Crippen molar-refractivity contribution in [1.82, 2.24) is 5.43 Å². The Morgan fingerprint density at radius 2 is 2.16 bits per heavy atom. The van der Waals surface area contributed by atoms with E-state index in [9.17, 15) is 4.79 Å². The van der Waals surface area contributed by atoms with Gasteiger partial charge in [-0.1, -0.05) is 18.2 Å². The lowest BCUT2D eigenvalue weighted by Gasteiger charge is -2.11. The van der Waals surface area contributed by atoms with E-state index >= 15 is 0 Å². The van der Waals surface area contributed by atoms with Gasteiger partial charge in [0, 0.05) is 5.71 Å². The van der Waals surface area contributed by atoms with Crippen molar-refractivity contribution in [2.24, 2.45) is 16.9 Å². The first-order valence-electron chi connectivity index (χ1n) is 6.84. The minimum atomic E-state index is -0.195. The molecule has 1 N–H and O–H groups in total. The lowest BCUT2D eigenvalue weighted by atomic mass is 9.99. The average molecular weight is 258 g/mol. The monoisotopic (exact) mass is 258 g/mol. The second-order valence-corrected chi connectivity index (χ2v) is 5.32. The molecule has 2 saturated carbocycles. The fourth-order valence-electron chi connectivity index (χ4n) is 2.99. The summed E-state index contributed by atoms with van der Waals surface area (Å²) in [5.41, 5.74) is 3.77. The standard InChI is InChI=1S/C15H18N2O2/c18-15(10-19-13-4-2-1-3-5-13)17-16-14-9-11-6-7-12(14)8-11/h1-5,11-12H,6-10H2,(H,17,18)/b16-14-. The molecule has 2 fully saturated rings. The highest BCUT2D eigenvalue weighted by Gasteiger charge is 2.36. The summed E-state index contributed by atoms with van der Waals surface area (Å²) in [5, 5.41) is 4.26. The Bertz CT molecular complexity index is 484. The summed E-state index contributed by atoms with van der Waals surface area (Å²) in [4.78, 5) is 11.6. The van der Waals surface area contributed by atoms with E-state index in [-0.39, 0.29) is 12.5 Å². The van der Waals surface area contributed by atoms with Gasteiger partial charge in [-0.15, -0.1) is 0 Å². The Morgan fingerprint density at radius 3 is 2.84 bits per heavy atom. The zero-order valence-electron chi connectivity index (χ0n) is 10.8. The maximum atomic E-state index is 11.6. The molecule has 19 heavy (non-hydrogen) atoms. The molecular weight excluding hydrogens is 240 g/mol. The Labute approximate surface area is 112 Å². The summed E-state index contributed by atoms with van der Waals surface area (Å²) in [5.74, 6) is 1.92. The molecule has 0 saturated heterocycles. The highest BCUT2D eigenvalue weighted by molar-refractivity contribution is 5.91. The van der Waals surface area contributed by atoms with Gasteiger partial charge in [0.2, 0.25) is 0 Å². The first-order valence-corrected chi connectivity index (χ1v) is 6.84. The largest absolute Gasteiger partial charge is 0.484 e. The fourth-order valence-corrected chi connectivity index (χ4v) is 2.99. The van der Waals surface area contributed by atoms with Gasteiger partial charge in [0.15, 0.2) is 6.61 Å². The number of amides is 1. The van der Waals surface area contributed by atoms with Crippen LogP contribution in [-0.2, 0) is 4.79 Å². The van der Waals surface area contributed by atoms with E-state index in [2.05, 4.69) is 10.5 Å². The van der Waals surface area contributed by atoms with Crippen molar-refractivity contribution in [3.63, 3.8) is 0 Å². The Kier molecular flexibility index (Phi) is 3.49. The molecule has 1 amide bonds. The van der Waals surface area contributed by atoms with E-state index in [0.29, 0.717) is 11.7 Å². The van der Waals surface area contributed by atoms with Crippen molar-refractivity contribution in [3.8, 4) is 5.75 Å². The van der Waals surface area contributed by atoms with Gasteiger partial charge in [-0.2, -0.15) is 5.10 Å². The SMILES string of the molecule is O=C(COc1ccccc1)N/N=C1/CC2CCC1C2. The number of carbonyl (C=O) groups is 1. The number of fused-ring (bicyclic) bond motifs is 2. The van der Waals surface area contributed by atoms with E-state index in [1.807, 2.05) is 30.3 Å². The number of nitrogens with one attached hydrogen (secondary N) is 1. The predicted octanol–water partition coefficient (Wildman–Crippen LogP) is 2.36. The summed E-state index contributed by atoms with van der Waals surface area (Å²) < 4.78 is 5.36. The third kappa shape index (κ3) is 2.95. The molecule has 0 aromatic heterocycles. The summed E-state index contributed by atoms with van der Waals surface area (Å²) in [7, 11) is 0. The van der Waals surface area contributed by atoms with Gasteiger partial charge in [-0.05, 0) is 49.7 Å². The highest BCUT2D eigenvalue weighted by atomic mass is 16.5. The molecule has 2 atom stereocenters. The zero-order valence-corrected chi connectivity index (χ0v) is 10.8. The van der Waals surface area contributed by atoms with Crippen LogP contribution in [0.1, 0.15) is 25.7 Å². The molecule has 1 aromatic carbocycles. The summed E-state index contributed by atoms with van der Waals surface area (Å²) in [6.45, 7) is 0.00882. The van der Waals surface area contributed by atoms with Gasteiger partial charge >= 0.3 is 0 Å². The maximum Gasteiger partial charge on any atom is 0.277 e. The van der Waals surface area contributed by atoms with Gasteiger partial charge < -0.3 is 4.74 Å². The first-order chi connectivity index (χ1) is 9.31. The van der Waals surface area contributed by atoms with Crippen molar-refractivity contribution in [3.05, 3.63) is 30.3 Å². The number of nitrogens with zero attached hydrogens (tertiary/aromatic N) is 1. The van der Waals surface area contributed by atoms with Gasteiger partial charge in [0.05, 0.1) is 0 Å². The van der Waals surface area contributed by atoms with Crippen LogP contribution in [0, 0.1) is 11.8 Å². The van der Waals surface area contributed by atoms with Crippen LogP contribution in [0.25, 0.3) is 0 Å². The first kappa shape index (κ1) is 12.2. The van der Waals surface area contributed by atoms with Crippen LogP contribution in [0.4, 0.5) is 0 Å². The van der Waals surface area contributed by atoms with Crippen LogP contribution in [-0.4, -0.2) is 18.2 Å². The molecule has 0 radical (unpaired) electrons. The molecule has 2 unspecified atom stereocenters. The summed E-state index contributed by atoms with van der Waals surface area (Å²) >= 11 is 0. The number of rotatable bonds is 4. The van der Waals surface area contributed by atoms with Gasteiger partial charge in [-0.3, -0.25) is 4.79 Å². The minimum Gasteiger partial charge on any atom is -0.484 e. The molecule has 0 spiro atoms. The van der Waals surface area contributed by atoms with E-state index < -0.39 is 0 Å². The van der Waals surface area contributed by atoms with Crippen molar-refractivity contribution >= 4 is 11.6 Å². The number of benzene rings is 1. The molecule has 0 heterocycles. The van der Waals surface area contributed by atoms with Crippen molar-refractivity contribution < 1.29 is 9.53 Å². The summed E-state index contributed by atoms with van der Waals surface area (Å²) in [6.07, 6.45) is 4.88. The van der Waals surface area contributed by atoms with Crippen molar-refractivity contribution in [2.75, 3.05) is 6.61 Å². The number of carbonyl (C=O) groups excluding carboxylic acids is 1. The van der Waals surface area contributed by atoms with Gasteiger partial charge in [0.1, 0.15) is 5.75 Å². The van der Waals surface area contributed by atoms with Crippen molar-refractivity contribution in [1.29, 1.82) is 0 Å². The van der Waals surface area contributed by atoms with E-state index in [0.717, 1.165) is 12.3 Å². The Morgan fingerprint density at radius 1 is 1.32 bits per heavy atom. The molecule has 2 aliphatic rings. The second kappa shape index (κ2) is 5.43. The molecule has 1 aromatic rings. The normalized spacial score (nSPS) is 26.6. The van der Waals surface area contributed by atoms with Crippen molar-refractivity contribution in [2.45, 2.75) is 25.7 Å². The van der Waals surface area contributed by atoms with Crippen LogP contribution >= 0.6 is 0 Å². The lowest BCUT2D eigenvalue weighted by molar-refractivity contribution is -0.123. The molecule has 100 valence electrons. The lowest BCUT2D eigenvalue weighted by Crippen LogP contribution is -2.26. The molecular formula is C15H18N2O2. The average Bonchev–Trinajstić information content (AvgIpc) is 3.06. The molecule has 2 aliphatic carbocycles. The van der Waals surface area contributed by atoms with E-state index in [1.54, 1.807) is 0 Å². The van der Waals surface area contributed by atoms with Gasteiger partial charge in [-0.25, -0.2) is 5.43 Å². The van der Waals surface area contributed by atoms with Crippen LogP contribution in [0.15, 0.2) is 35.4 Å². The Hall–Kier alpha value is -1.84. The smallest absolute Gasteiger partial charge is 0.277 e. The number of ether oxygens (including phenoxy) is 1. The van der Waals surface area contributed by atoms with Crippen LogP contribution in [0.2, 0.25) is 0 Å².